The van der Waals surface area contributed by atoms with E-state index in [0.717, 1.165) is 37.8 Å². The van der Waals surface area contributed by atoms with E-state index in [9.17, 15) is 4.79 Å². The van der Waals surface area contributed by atoms with Gasteiger partial charge in [0.25, 0.3) is 0 Å². The lowest BCUT2D eigenvalue weighted by molar-refractivity contribution is -0.145. The van der Waals surface area contributed by atoms with Crippen LogP contribution in [0.25, 0.3) is 0 Å². The van der Waals surface area contributed by atoms with Gasteiger partial charge >= 0.3 is 0 Å². The fourth-order valence-electron chi connectivity index (χ4n) is 3.10. The summed E-state index contributed by atoms with van der Waals surface area (Å²) in [7, 11) is 0. The van der Waals surface area contributed by atoms with Crippen molar-refractivity contribution in [3.63, 3.8) is 0 Å². The minimum absolute atomic E-state index is 0.233. The van der Waals surface area contributed by atoms with E-state index in [1.165, 1.54) is 12.8 Å². The van der Waals surface area contributed by atoms with Gasteiger partial charge in [0.05, 0.1) is 6.20 Å². The van der Waals surface area contributed by atoms with Crippen molar-refractivity contribution in [2.75, 3.05) is 6.61 Å². The Morgan fingerprint density at radius 3 is 2.55 bits per heavy atom. The Morgan fingerprint density at radius 2 is 2.00 bits per heavy atom. The van der Waals surface area contributed by atoms with E-state index in [-0.39, 0.29) is 5.78 Å². The molecule has 1 aromatic rings. The third kappa shape index (κ3) is 3.48. The van der Waals surface area contributed by atoms with Crippen LogP contribution in [0, 0.1) is 0 Å². The van der Waals surface area contributed by atoms with Crippen molar-refractivity contribution in [1.29, 1.82) is 0 Å². The molecule has 0 unspecified atom stereocenters. The van der Waals surface area contributed by atoms with E-state index in [1.54, 1.807) is 6.20 Å². The predicted molar refractivity (Wildman–Crippen MR) is 78.7 cm³/mol. The topological polar surface area (TPSA) is 44.1 Å². The number of hydrogen-bond donors (Lipinski definition) is 0. The van der Waals surface area contributed by atoms with Crippen LogP contribution in [0.4, 0.5) is 0 Å². The SMILES string of the molecule is CCOC1(C(=O)Cc2cnn(CC)c2)CCCCCC1. The maximum Gasteiger partial charge on any atom is 0.169 e. The number of rotatable bonds is 6. The van der Waals surface area contributed by atoms with E-state index < -0.39 is 5.60 Å². The summed E-state index contributed by atoms with van der Waals surface area (Å²) >= 11 is 0. The Labute approximate surface area is 121 Å². The van der Waals surface area contributed by atoms with Gasteiger partial charge in [-0.15, -0.1) is 0 Å². The lowest BCUT2D eigenvalue weighted by atomic mass is 9.86. The molecule has 0 aromatic carbocycles. The Morgan fingerprint density at radius 1 is 1.30 bits per heavy atom. The van der Waals surface area contributed by atoms with Crippen molar-refractivity contribution < 1.29 is 9.53 Å². The molecule has 0 atom stereocenters. The first kappa shape index (κ1) is 15.2. The molecular weight excluding hydrogens is 252 g/mol. The van der Waals surface area contributed by atoms with Crippen molar-refractivity contribution in [3.05, 3.63) is 18.0 Å². The zero-order chi connectivity index (χ0) is 14.4. The normalized spacial score (nSPS) is 18.7. The second-order valence-corrected chi connectivity index (χ2v) is 5.65. The van der Waals surface area contributed by atoms with E-state index in [2.05, 4.69) is 5.10 Å². The van der Waals surface area contributed by atoms with Gasteiger partial charge in [0, 0.05) is 25.8 Å². The van der Waals surface area contributed by atoms with Crippen LogP contribution in [-0.2, 0) is 22.5 Å². The summed E-state index contributed by atoms with van der Waals surface area (Å²) in [5.41, 5.74) is 0.458. The molecule has 4 nitrogen and oxygen atoms in total. The summed E-state index contributed by atoms with van der Waals surface area (Å²) in [4.78, 5) is 12.8. The molecule has 1 aromatic heterocycles. The molecule has 112 valence electrons. The van der Waals surface area contributed by atoms with Gasteiger partial charge in [0.2, 0.25) is 0 Å². The molecule has 4 heteroatoms. The van der Waals surface area contributed by atoms with Gasteiger partial charge in [-0.3, -0.25) is 9.48 Å². The lowest BCUT2D eigenvalue weighted by Crippen LogP contribution is -2.42. The van der Waals surface area contributed by atoms with Gasteiger partial charge in [-0.25, -0.2) is 0 Å². The quantitative estimate of drug-likeness (QED) is 0.751. The lowest BCUT2D eigenvalue weighted by Gasteiger charge is -2.31. The van der Waals surface area contributed by atoms with Gasteiger partial charge in [-0.05, 0) is 32.3 Å². The van der Waals surface area contributed by atoms with Gasteiger partial charge in [-0.2, -0.15) is 5.10 Å². The summed E-state index contributed by atoms with van der Waals surface area (Å²) in [5.74, 6) is 0.233. The number of carbonyl (C=O) groups excluding carboxylic acids is 1. The monoisotopic (exact) mass is 278 g/mol. The molecule has 1 saturated carbocycles. The highest BCUT2D eigenvalue weighted by atomic mass is 16.5. The molecule has 1 fully saturated rings. The van der Waals surface area contributed by atoms with Crippen LogP contribution in [-0.4, -0.2) is 27.8 Å². The highest BCUT2D eigenvalue weighted by Crippen LogP contribution is 2.32. The molecule has 0 N–H and O–H groups in total. The van der Waals surface area contributed by atoms with Crippen molar-refractivity contribution in [2.45, 2.75) is 70.9 Å². The van der Waals surface area contributed by atoms with Crippen LogP contribution < -0.4 is 0 Å². The van der Waals surface area contributed by atoms with Crippen LogP contribution in [0.3, 0.4) is 0 Å². The highest BCUT2D eigenvalue weighted by Gasteiger charge is 2.38. The molecule has 1 aliphatic carbocycles. The average Bonchev–Trinajstić information content (AvgIpc) is 2.76. The Kier molecular flexibility index (Phi) is 5.35. The van der Waals surface area contributed by atoms with Crippen LogP contribution in [0.5, 0.6) is 0 Å². The summed E-state index contributed by atoms with van der Waals surface area (Å²) < 4.78 is 7.80. The van der Waals surface area contributed by atoms with Crippen molar-refractivity contribution in [3.8, 4) is 0 Å². The molecule has 1 aliphatic rings. The van der Waals surface area contributed by atoms with Crippen LogP contribution in [0.2, 0.25) is 0 Å². The standard InChI is InChI=1S/C16H26N2O2/c1-3-18-13-14(12-17-18)11-15(19)16(20-4-2)9-7-5-6-8-10-16/h12-13H,3-11H2,1-2H3. The number of ether oxygens (including phenoxy) is 1. The van der Waals surface area contributed by atoms with E-state index in [1.807, 2.05) is 24.7 Å². The first-order valence-corrected chi connectivity index (χ1v) is 7.89. The molecule has 0 spiro atoms. The molecule has 0 bridgehead atoms. The molecule has 0 radical (unpaired) electrons. The smallest absolute Gasteiger partial charge is 0.169 e. The average molecular weight is 278 g/mol. The summed E-state index contributed by atoms with van der Waals surface area (Å²) in [5, 5.41) is 4.24. The second kappa shape index (κ2) is 7.02. The summed E-state index contributed by atoms with van der Waals surface area (Å²) in [6.45, 7) is 5.48. The predicted octanol–water partition coefficient (Wildman–Crippen LogP) is 3.14. The van der Waals surface area contributed by atoms with E-state index >= 15 is 0 Å². The third-order valence-electron chi connectivity index (χ3n) is 4.22. The van der Waals surface area contributed by atoms with Crippen LogP contribution in [0.1, 0.15) is 57.9 Å². The zero-order valence-electron chi connectivity index (χ0n) is 12.7. The number of hydrogen-bond acceptors (Lipinski definition) is 3. The largest absolute Gasteiger partial charge is 0.367 e. The van der Waals surface area contributed by atoms with E-state index in [0.29, 0.717) is 13.0 Å². The Balaban J connectivity index is 2.09. The molecule has 0 aliphatic heterocycles. The molecule has 0 amide bonds. The van der Waals surface area contributed by atoms with Crippen LogP contribution in [0.15, 0.2) is 12.4 Å². The molecule has 0 saturated heterocycles. The van der Waals surface area contributed by atoms with Crippen molar-refractivity contribution in [2.24, 2.45) is 0 Å². The maximum atomic E-state index is 12.8. The van der Waals surface area contributed by atoms with Gasteiger partial charge in [0.15, 0.2) is 5.78 Å². The minimum Gasteiger partial charge on any atom is -0.367 e. The Bertz CT molecular complexity index is 431. The van der Waals surface area contributed by atoms with Gasteiger partial charge in [-0.1, -0.05) is 25.7 Å². The number of aryl methyl sites for hydroxylation is 1. The molecule has 20 heavy (non-hydrogen) atoms. The Hall–Kier alpha value is -1.16. The maximum absolute atomic E-state index is 12.8. The second-order valence-electron chi connectivity index (χ2n) is 5.65. The molecule has 2 rings (SSSR count). The minimum atomic E-state index is -0.542. The highest BCUT2D eigenvalue weighted by molar-refractivity contribution is 5.89. The fraction of sp³-hybridized carbons (Fsp3) is 0.750. The fourth-order valence-corrected chi connectivity index (χ4v) is 3.10. The van der Waals surface area contributed by atoms with Crippen LogP contribution >= 0.6 is 0 Å². The summed E-state index contributed by atoms with van der Waals surface area (Å²) in [6.07, 6.45) is 10.6. The van der Waals surface area contributed by atoms with Gasteiger partial charge < -0.3 is 4.74 Å². The van der Waals surface area contributed by atoms with Crippen molar-refractivity contribution in [1.82, 2.24) is 9.78 Å². The zero-order valence-corrected chi connectivity index (χ0v) is 12.7. The first-order chi connectivity index (χ1) is 9.70. The number of aromatic nitrogens is 2. The number of nitrogens with zero attached hydrogens (tertiary/aromatic N) is 2. The number of ketones is 1. The van der Waals surface area contributed by atoms with Gasteiger partial charge in [0.1, 0.15) is 5.60 Å². The van der Waals surface area contributed by atoms with E-state index in [4.69, 9.17) is 4.74 Å². The number of Topliss-reactive ketones (excluding diaryl/α,β-unsaturated/α-hetero) is 1. The molecular formula is C16H26N2O2. The number of carbonyl (C=O) groups is 1. The summed E-state index contributed by atoms with van der Waals surface area (Å²) in [6, 6.07) is 0. The molecule has 1 heterocycles. The third-order valence-corrected chi connectivity index (χ3v) is 4.22. The van der Waals surface area contributed by atoms with Crippen molar-refractivity contribution >= 4 is 5.78 Å². The first-order valence-electron chi connectivity index (χ1n) is 7.89.